The summed E-state index contributed by atoms with van der Waals surface area (Å²) in [6.07, 6.45) is 1.44. The van der Waals surface area contributed by atoms with E-state index < -0.39 is 0 Å². The van der Waals surface area contributed by atoms with E-state index in [9.17, 15) is 4.39 Å². The summed E-state index contributed by atoms with van der Waals surface area (Å²) in [5, 5.41) is 13.8. The first-order valence-corrected chi connectivity index (χ1v) is 7.92. The molecule has 0 saturated carbocycles. The minimum atomic E-state index is -0.349. The van der Waals surface area contributed by atoms with Crippen LogP contribution in [-0.4, -0.2) is 36.5 Å². The van der Waals surface area contributed by atoms with E-state index in [0.717, 1.165) is 0 Å². The van der Waals surface area contributed by atoms with Gasteiger partial charge in [0.15, 0.2) is 17.3 Å². The largest absolute Gasteiger partial charge is 0.493 e. The Hall–Kier alpha value is -3.62. The van der Waals surface area contributed by atoms with E-state index in [1.165, 1.54) is 39.7 Å². The van der Waals surface area contributed by atoms with E-state index in [1.807, 2.05) is 0 Å². The predicted octanol–water partition coefficient (Wildman–Crippen LogP) is 3.52. The SMILES string of the molecule is COc1cc(Nc2nncc(Nc3cccc(F)c3)n2)cc(OC)c1OC. The van der Waals surface area contributed by atoms with Gasteiger partial charge in [0.25, 0.3) is 0 Å². The Labute approximate surface area is 155 Å². The van der Waals surface area contributed by atoms with Crippen molar-refractivity contribution in [1.29, 1.82) is 0 Å². The van der Waals surface area contributed by atoms with Crippen molar-refractivity contribution in [3.05, 3.63) is 48.4 Å². The van der Waals surface area contributed by atoms with Crippen molar-refractivity contribution in [2.45, 2.75) is 0 Å². The molecule has 0 unspecified atom stereocenters. The van der Waals surface area contributed by atoms with Crippen LogP contribution in [0.5, 0.6) is 17.2 Å². The average Bonchev–Trinajstić information content (AvgIpc) is 2.67. The lowest BCUT2D eigenvalue weighted by Gasteiger charge is -2.14. The van der Waals surface area contributed by atoms with Crippen LogP contribution < -0.4 is 24.8 Å². The Bertz CT molecular complexity index is 913. The Morgan fingerprint density at radius 2 is 1.63 bits per heavy atom. The molecule has 0 aliphatic rings. The average molecular weight is 371 g/mol. The quantitative estimate of drug-likeness (QED) is 0.652. The Kier molecular flexibility index (Phi) is 5.50. The molecule has 0 aliphatic heterocycles. The van der Waals surface area contributed by atoms with Crippen molar-refractivity contribution in [3.8, 4) is 17.2 Å². The number of methoxy groups -OCH3 is 3. The molecule has 2 N–H and O–H groups in total. The number of ether oxygens (including phenoxy) is 3. The second-order valence-corrected chi connectivity index (χ2v) is 5.34. The fraction of sp³-hybridized carbons (Fsp3) is 0.167. The zero-order valence-corrected chi connectivity index (χ0v) is 15.0. The number of halogens is 1. The van der Waals surface area contributed by atoms with Crippen LogP contribution in [0.3, 0.4) is 0 Å². The minimum Gasteiger partial charge on any atom is -0.493 e. The van der Waals surface area contributed by atoms with Crippen LogP contribution in [0.1, 0.15) is 0 Å². The number of nitrogens with one attached hydrogen (secondary N) is 2. The highest BCUT2D eigenvalue weighted by molar-refractivity contribution is 5.66. The standard InChI is InChI=1S/C18H18FN5O3/c1-25-14-8-13(9-15(26-2)17(14)27-3)22-18-23-16(10-20-24-18)21-12-6-4-5-11(19)7-12/h4-10H,1-3H3,(H2,21,22,23,24). The third kappa shape index (κ3) is 4.32. The van der Waals surface area contributed by atoms with Crippen LogP contribution in [0.4, 0.5) is 27.5 Å². The van der Waals surface area contributed by atoms with Crippen LogP contribution in [0.25, 0.3) is 0 Å². The van der Waals surface area contributed by atoms with Gasteiger partial charge in [0, 0.05) is 23.5 Å². The van der Waals surface area contributed by atoms with Gasteiger partial charge in [-0.2, -0.15) is 10.1 Å². The van der Waals surface area contributed by atoms with Crippen LogP contribution in [-0.2, 0) is 0 Å². The molecule has 3 rings (SSSR count). The maximum atomic E-state index is 13.3. The Balaban J connectivity index is 1.84. The number of hydrogen-bond donors (Lipinski definition) is 2. The van der Waals surface area contributed by atoms with Crippen molar-refractivity contribution in [2.24, 2.45) is 0 Å². The molecule has 0 radical (unpaired) electrons. The molecule has 9 heteroatoms. The molecule has 0 aliphatic carbocycles. The number of hydrogen-bond acceptors (Lipinski definition) is 8. The summed E-state index contributed by atoms with van der Waals surface area (Å²) in [6.45, 7) is 0. The smallest absolute Gasteiger partial charge is 0.249 e. The van der Waals surface area contributed by atoms with E-state index >= 15 is 0 Å². The van der Waals surface area contributed by atoms with Gasteiger partial charge in [-0.3, -0.25) is 0 Å². The molecule has 0 bridgehead atoms. The van der Waals surface area contributed by atoms with E-state index in [2.05, 4.69) is 25.8 Å². The van der Waals surface area contributed by atoms with Crippen molar-refractivity contribution in [3.63, 3.8) is 0 Å². The second-order valence-electron chi connectivity index (χ2n) is 5.34. The summed E-state index contributed by atoms with van der Waals surface area (Å²) in [6, 6.07) is 9.48. The molecule has 0 saturated heterocycles. The van der Waals surface area contributed by atoms with Gasteiger partial charge in [-0.25, -0.2) is 4.39 Å². The fourth-order valence-electron chi connectivity index (χ4n) is 2.41. The van der Waals surface area contributed by atoms with Crippen LogP contribution in [0, 0.1) is 5.82 Å². The maximum Gasteiger partial charge on any atom is 0.249 e. The van der Waals surface area contributed by atoms with Crippen molar-refractivity contribution >= 4 is 23.1 Å². The first-order chi connectivity index (χ1) is 13.1. The fourth-order valence-corrected chi connectivity index (χ4v) is 2.41. The molecule has 0 spiro atoms. The monoisotopic (exact) mass is 371 g/mol. The zero-order chi connectivity index (χ0) is 19.2. The van der Waals surface area contributed by atoms with Gasteiger partial charge < -0.3 is 24.8 Å². The zero-order valence-electron chi connectivity index (χ0n) is 15.0. The highest BCUT2D eigenvalue weighted by Gasteiger charge is 2.14. The van der Waals surface area contributed by atoms with E-state index in [-0.39, 0.29) is 11.8 Å². The van der Waals surface area contributed by atoms with Gasteiger partial charge in [0.05, 0.1) is 27.5 Å². The number of anilines is 4. The van der Waals surface area contributed by atoms with E-state index in [4.69, 9.17) is 14.2 Å². The molecule has 1 heterocycles. The lowest BCUT2D eigenvalue weighted by molar-refractivity contribution is 0.324. The summed E-state index contributed by atoms with van der Waals surface area (Å²) >= 11 is 0. The summed E-state index contributed by atoms with van der Waals surface area (Å²) in [7, 11) is 4.59. The van der Waals surface area contributed by atoms with Crippen LogP contribution in [0.15, 0.2) is 42.6 Å². The topological polar surface area (TPSA) is 90.4 Å². The molecule has 0 atom stereocenters. The highest BCUT2D eigenvalue weighted by Crippen LogP contribution is 2.40. The molecule has 0 fully saturated rings. The van der Waals surface area contributed by atoms with E-state index in [1.54, 1.807) is 24.3 Å². The van der Waals surface area contributed by atoms with Crippen molar-refractivity contribution in [2.75, 3.05) is 32.0 Å². The summed E-state index contributed by atoms with van der Waals surface area (Å²) < 4.78 is 29.2. The molecule has 8 nitrogen and oxygen atoms in total. The van der Waals surface area contributed by atoms with Gasteiger partial charge in [-0.05, 0) is 18.2 Å². The van der Waals surface area contributed by atoms with Gasteiger partial charge in [-0.1, -0.05) is 6.07 Å². The van der Waals surface area contributed by atoms with E-state index in [0.29, 0.717) is 34.4 Å². The summed E-state index contributed by atoms with van der Waals surface area (Å²) in [5.74, 6) is 1.75. The number of nitrogens with zero attached hydrogens (tertiary/aromatic N) is 3. The molecular formula is C18H18FN5O3. The molecule has 1 aromatic heterocycles. The van der Waals surface area contributed by atoms with Crippen molar-refractivity contribution in [1.82, 2.24) is 15.2 Å². The Morgan fingerprint density at radius 3 is 2.26 bits per heavy atom. The van der Waals surface area contributed by atoms with Crippen LogP contribution >= 0.6 is 0 Å². The number of rotatable bonds is 7. The predicted molar refractivity (Wildman–Crippen MR) is 98.9 cm³/mol. The molecule has 140 valence electrons. The van der Waals surface area contributed by atoms with Gasteiger partial charge >= 0.3 is 0 Å². The normalized spacial score (nSPS) is 10.2. The molecule has 3 aromatic rings. The lowest BCUT2D eigenvalue weighted by Crippen LogP contribution is -2.03. The number of benzene rings is 2. The first-order valence-electron chi connectivity index (χ1n) is 7.92. The Morgan fingerprint density at radius 1 is 0.889 bits per heavy atom. The van der Waals surface area contributed by atoms with Crippen LogP contribution in [0.2, 0.25) is 0 Å². The minimum absolute atomic E-state index is 0.241. The highest BCUT2D eigenvalue weighted by atomic mass is 19.1. The molecular weight excluding hydrogens is 353 g/mol. The maximum absolute atomic E-state index is 13.3. The molecule has 27 heavy (non-hydrogen) atoms. The number of aromatic nitrogens is 3. The first kappa shape index (κ1) is 18.2. The molecule has 0 amide bonds. The van der Waals surface area contributed by atoms with Gasteiger partial charge in [-0.15, -0.1) is 5.10 Å². The third-order valence-corrected chi connectivity index (χ3v) is 3.58. The van der Waals surface area contributed by atoms with Gasteiger partial charge in [0.1, 0.15) is 5.82 Å². The summed E-state index contributed by atoms with van der Waals surface area (Å²) in [4.78, 5) is 4.32. The van der Waals surface area contributed by atoms with Gasteiger partial charge in [0.2, 0.25) is 11.7 Å². The molecule has 2 aromatic carbocycles. The summed E-state index contributed by atoms with van der Waals surface area (Å²) in [5.41, 5.74) is 1.17. The second kappa shape index (κ2) is 8.17. The lowest BCUT2D eigenvalue weighted by atomic mass is 10.2. The van der Waals surface area contributed by atoms with Crippen molar-refractivity contribution < 1.29 is 18.6 Å². The third-order valence-electron chi connectivity index (χ3n) is 3.58.